The van der Waals surface area contributed by atoms with Crippen LogP contribution in [0.25, 0.3) is 0 Å². The molecule has 71 valence electrons. The van der Waals surface area contributed by atoms with Crippen LogP contribution in [0.15, 0.2) is 0 Å². The van der Waals surface area contributed by atoms with Crippen LogP contribution in [-0.4, -0.2) is 43.5 Å². The summed E-state index contributed by atoms with van der Waals surface area (Å²) in [5.74, 6) is 2.30. The lowest BCUT2D eigenvalue weighted by Gasteiger charge is -2.30. The molecule has 13 heavy (non-hydrogen) atoms. The topological polar surface area (TPSA) is 29.5 Å². The molecule has 1 saturated heterocycles. The van der Waals surface area contributed by atoms with Gasteiger partial charge in [0.05, 0.1) is 19.3 Å². The fraction of sp³-hybridized carbons (Fsp3) is 0.700. The average Bonchev–Trinajstić information content (AvgIpc) is 2.21. The van der Waals surface area contributed by atoms with Crippen LogP contribution in [0.5, 0.6) is 0 Å². The zero-order chi connectivity index (χ0) is 9.52. The molecule has 0 bridgehead atoms. The number of aldehydes is 1. The second-order valence-corrected chi connectivity index (χ2v) is 3.07. The molecule has 3 heteroatoms. The maximum Gasteiger partial charge on any atom is 0.137 e. The first kappa shape index (κ1) is 10.2. The summed E-state index contributed by atoms with van der Waals surface area (Å²) >= 11 is 0. The number of rotatable bonds is 4. The van der Waals surface area contributed by atoms with Gasteiger partial charge in [0.15, 0.2) is 0 Å². The molecule has 1 fully saturated rings. The highest BCUT2D eigenvalue weighted by Crippen LogP contribution is 2.07. The van der Waals surface area contributed by atoms with Crippen molar-refractivity contribution in [1.29, 1.82) is 0 Å². The van der Waals surface area contributed by atoms with E-state index in [1.165, 1.54) is 0 Å². The molecule has 1 atom stereocenters. The highest BCUT2D eigenvalue weighted by molar-refractivity contribution is 5.57. The Morgan fingerprint density at radius 2 is 2.23 bits per heavy atom. The molecule has 0 amide bonds. The fourth-order valence-corrected chi connectivity index (χ4v) is 1.47. The van der Waals surface area contributed by atoms with Crippen molar-refractivity contribution in [3.8, 4) is 5.92 Å². The molecule has 0 aromatic carbocycles. The molecule has 1 aliphatic rings. The fourth-order valence-electron chi connectivity index (χ4n) is 1.47. The lowest BCUT2D eigenvalue weighted by Crippen LogP contribution is -2.44. The molecule has 1 rings (SSSR count). The van der Waals surface area contributed by atoms with Crippen LogP contribution in [0.3, 0.4) is 0 Å². The number of hydrogen-bond donors (Lipinski definition) is 0. The highest BCUT2D eigenvalue weighted by Gasteiger charge is 2.19. The van der Waals surface area contributed by atoms with E-state index in [9.17, 15) is 4.79 Å². The Morgan fingerprint density at radius 3 is 2.77 bits per heavy atom. The van der Waals surface area contributed by atoms with Gasteiger partial charge in [-0.3, -0.25) is 4.90 Å². The van der Waals surface area contributed by atoms with Gasteiger partial charge in [-0.05, 0) is 12.8 Å². The van der Waals surface area contributed by atoms with E-state index in [0.717, 1.165) is 19.4 Å². The number of morpholine rings is 1. The Labute approximate surface area is 79.1 Å². The number of ether oxygens (including phenoxy) is 1. The van der Waals surface area contributed by atoms with Gasteiger partial charge in [-0.1, -0.05) is 5.92 Å². The monoisotopic (exact) mass is 180 g/mol. The smallest absolute Gasteiger partial charge is 0.137 e. The number of hydrogen-bond acceptors (Lipinski definition) is 3. The summed E-state index contributed by atoms with van der Waals surface area (Å²) in [6.07, 6.45) is 8.99. The predicted molar refractivity (Wildman–Crippen MR) is 48.6 cm³/mol. The van der Waals surface area contributed by atoms with Crippen molar-refractivity contribution in [2.75, 3.05) is 26.3 Å². The molecule has 3 nitrogen and oxygen atoms in total. The Balaban J connectivity index is 2.35. The van der Waals surface area contributed by atoms with Crippen LogP contribution in [0.1, 0.15) is 12.8 Å². The maximum absolute atomic E-state index is 10.7. The first-order valence-electron chi connectivity index (χ1n) is 4.55. The molecule has 0 spiro atoms. The summed E-state index contributed by atoms with van der Waals surface area (Å²) in [5, 5.41) is 0. The number of nitrogens with zero attached hydrogens (tertiary/aromatic N) is 1. The molecule has 0 N–H and O–H groups in total. The lowest BCUT2D eigenvalue weighted by atomic mass is 10.1. The normalized spacial score (nSPS) is 20.5. The molecular weight excluding hydrogens is 166 g/mol. The number of carbonyl (C=O) groups excluding carboxylic acids is 1. The van der Waals surface area contributed by atoms with Gasteiger partial charge in [-0.15, -0.1) is 0 Å². The highest BCUT2D eigenvalue weighted by atomic mass is 16.5. The summed E-state index contributed by atoms with van der Waals surface area (Å²) in [6, 6.07) is -0.0539. The van der Waals surface area contributed by atoms with E-state index in [1.54, 1.807) is 0 Å². The number of carbonyl (C=O) groups is 1. The van der Waals surface area contributed by atoms with E-state index in [-0.39, 0.29) is 6.04 Å². The van der Waals surface area contributed by atoms with Crippen molar-refractivity contribution in [3.05, 3.63) is 6.42 Å². The third kappa shape index (κ3) is 3.17. The molecule has 0 saturated carbocycles. The summed E-state index contributed by atoms with van der Waals surface area (Å²) in [5.41, 5.74) is 0. The molecule has 0 aromatic rings. The zero-order valence-electron chi connectivity index (χ0n) is 7.66. The van der Waals surface area contributed by atoms with Gasteiger partial charge >= 0.3 is 0 Å². The molecule has 1 heterocycles. The van der Waals surface area contributed by atoms with Crippen molar-refractivity contribution >= 4 is 6.29 Å². The minimum absolute atomic E-state index is 0.0539. The minimum Gasteiger partial charge on any atom is -0.379 e. The lowest BCUT2D eigenvalue weighted by molar-refractivity contribution is -0.114. The third-order valence-electron chi connectivity index (χ3n) is 2.24. The van der Waals surface area contributed by atoms with Gasteiger partial charge in [0, 0.05) is 19.5 Å². The average molecular weight is 180 g/mol. The van der Waals surface area contributed by atoms with Crippen LogP contribution in [-0.2, 0) is 9.53 Å². The van der Waals surface area contributed by atoms with Crippen LogP contribution < -0.4 is 0 Å². The Kier molecular flexibility index (Phi) is 4.52. The molecule has 1 aliphatic heterocycles. The second-order valence-electron chi connectivity index (χ2n) is 3.07. The van der Waals surface area contributed by atoms with E-state index in [0.29, 0.717) is 26.1 Å². The molecular formula is C10H14NO2. The molecule has 0 aliphatic carbocycles. The van der Waals surface area contributed by atoms with E-state index >= 15 is 0 Å². The van der Waals surface area contributed by atoms with Gasteiger partial charge in [0.2, 0.25) is 0 Å². The maximum atomic E-state index is 10.7. The van der Waals surface area contributed by atoms with E-state index < -0.39 is 0 Å². The molecule has 1 radical (unpaired) electrons. The van der Waals surface area contributed by atoms with Gasteiger partial charge in [0.25, 0.3) is 0 Å². The van der Waals surface area contributed by atoms with Gasteiger partial charge in [-0.2, -0.15) is 0 Å². The summed E-state index contributed by atoms with van der Waals surface area (Å²) in [7, 11) is 0. The SMILES string of the molecule is [C]#CCCC(C=O)N1CCOCC1. The van der Waals surface area contributed by atoms with Crippen molar-refractivity contribution in [3.63, 3.8) is 0 Å². The van der Waals surface area contributed by atoms with Gasteiger partial charge < -0.3 is 9.53 Å². The predicted octanol–water partition coefficient (Wildman–Crippen LogP) is 0.256. The first-order chi connectivity index (χ1) is 6.38. The zero-order valence-corrected chi connectivity index (χ0v) is 7.66. The minimum atomic E-state index is -0.0539. The van der Waals surface area contributed by atoms with E-state index in [4.69, 9.17) is 11.2 Å². The van der Waals surface area contributed by atoms with Crippen LogP contribution in [0, 0.1) is 12.3 Å². The van der Waals surface area contributed by atoms with Crippen LogP contribution in [0.2, 0.25) is 0 Å². The van der Waals surface area contributed by atoms with Gasteiger partial charge in [-0.25, -0.2) is 0 Å². The van der Waals surface area contributed by atoms with Crippen molar-refractivity contribution in [2.24, 2.45) is 0 Å². The largest absolute Gasteiger partial charge is 0.379 e. The molecule has 0 aromatic heterocycles. The molecule has 1 unspecified atom stereocenters. The van der Waals surface area contributed by atoms with Crippen molar-refractivity contribution in [1.82, 2.24) is 4.90 Å². The van der Waals surface area contributed by atoms with Crippen molar-refractivity contribution in [2.45, 2.75) is 18.9 Å². The first-order valence-corrected chi connectivity index (χ1v) is 4.55. The Morgan fingerprint density at radius 1 is 1.54 bits per heavy atom. The summed E-state index contributed by atoms with van der Waals surface area (Å²) in [6.45, 7) is 3.06. The van der Waals surface area contributed by atoms with Gasteiger partial charge in [0.1, 0.15) is 6.29 Å². The Bertz CT molecular complexity index is 192. The van der Waals surface area contributed by atoms with Crippen LogP contribution in [0.4, 0.5) is 0 Å². The quantitative estimate of drug-likeness (QED) is 0.459. The second kappa shape index (κ2) is 5.74. The van der Waals surface area contributed by atoms with Crippen molar-refractivity contribution < 1.29 is 9.53 Å². The van der Waals surface area contributed by atoms with E-state index in [2.05, 4.69) is 10.8 Å². The standard InChI is InChI=1S/C10H14NO2/c1-2-3-4-10(9-12)11-5-7-13-8-6-11/h9-10H,3-8H2. The Hall–Kier alpha value is -0.850. The van der Waals surface area contributed by atoms with Crippen LogP contribution >= 0.6 is 0 Å². The third-order valence-corrected chi connectivity index (χ3v) is 2.24. The van der Waals surface area contributed by atoms with E-state index in [1.807, 2.05) is 0 Å². The summed E-state index contributed by atoms with van der Waals surface area (Å²) in [4.78, 5) is 12.8. The summed E-state index contributed by atoms with van der Waals surface area (Å²) < 4.78 is 5.19.